The standard InChI is InChI=1S/C23H30N2O6/c1-23(2,3)16-6-8-17(9-7-16)30-11-10-25-22(27)15-12-18(28-4)21(19(13-15)29-5)31-14-20(24)26/h6-9,12-13H,10-11,14H2,1-5H3,(H2,24,26)(H,25,27). The van der Waals surface area contributed by atoms with Gasteiger partial charge in [-0.3, -0.25) is 9.59 Å². The summed E-state index contributed by atoms with van der Waals surface area (Å²) >= 11 is 0. The van der Waals surface area contributed by atoms with Gasteiger partial charge in [0, 0.05) is 5.56 Å². The summed E-state index contributed by atoms with van der Waals surface area (Å²) in [5.41, 5.74) is 6.73. The molecule has 0 spiro atoms. The minimum absolute atomic E-state index is 0.0784. The molecule has 0 aliphatic carbocycles. The van der Waals surface area contributed by atoms with Gasteiger partial charge in [-0.05, 0) is 35.2 Å². The molecule has 2 rings (SSSR count). The second-order valence-electron chi connectivity index (χ2n) is 7.84. The molecular weight excluding hydrogens is 400 g/mol. The number of rotatable bonds is 10. The van der Waals surface area contributed by atoms with Crippen molar-refractivity contribution in [3.8, 4) is 23.0 Å². The summed E-state index contributed by atoms with van der Waals surface area (Å²) in [6.45, 7) is 6.74. The van der Waals surface area contributed by atoms with Crippen LogP contribution in [0.15, 0.2) is 36.4 Å². The summed E-state index contributed by atoms with van der Waals surface area (Å²) < 4.78 is 21.6. The summed E-state index contributed by atoms with van der Waals surface area (Å²) in [7, 11) is 2.85. The molecule has 2 amide bonds. The number of nitrogens with two attached hydrogens (primary N) is 1. The lowest BCUT2D eigenvalue weighted by atomic mass is 9.87. The Labute approximate surface area is 182 Å². The SMILES string of the molecule is COc1cc(C(=O)NCCOc2ccc(C(C)(C)C)cc2)cc(OC)c1OCC(N)=O. The van der Waals surface area contributed by atoms with Crippen LogP contribution >= 0.6 is 0 Å². The predicted molar refractivity (Wildman–Crippen MR) is 117 cm³/mol. The first kappa shape index (κ1) is 23.9. The van der Waals surface area contributed by atoms with E-state index in [9.17, 15) is 9.59 Å². The van der Waals surface area contributed by atoms with Crippen molar-refractivity contribution in [2.24, 2.45) is 5.73 Å². The highest BCUT2D eigenvalue weighted by Crippen LogP contribution is 2.38. The maximum absolute atomic E-state index is 12.5. The Morgan fingerprint density at radius 2 is 1.55 bits per heavy atom. The van der Waals surface area contributed by atoms with Crippen LogP contribution in [0.1, 0.15) is 36.7 Å². The van der Waals surface area contributed by atoms with Gasteiger partial charge in [0.05, 0.1) is 20.8 Å². The molecule has 0 atom stereocenters. The van der Waals surface area contributed by atoms with Crippen molar-refractivity contribution < 1.29 is 28.5 Å². The van der Waals surface area contributed by atoms with Gasteiger partial charge in [-0.25, -0.2) is 0 Å². The molecule has 2 aromatic carbocycles. The van der Waals surface area contributed by atoms with E-state index in [0.717, 1.165) is 5.75 Å². The fraction of sp³-hybridized carbons (Fsp3) is 0.391. The molecule has 0 aromatic heterocycles. The van der Waals surface area contributed by atoms with Gasteiger partial charge in [-0.1, -0.05) is 32.9 Å². The van der Waals surface area contributed by atoms with E-state index in [1.807, 2.05) is 24.3 Å². The predicted octanol–water partition coefficient (Wildman–Crippen LogP) is 2.67. The zero-order chi connectivity index (χ0) is 23.0. The van der Waals surface area contributed by atoms with Gasteiger partial charge in [0.1, 0.15) is 12.4 Å². The van der Waals surface area contributed by atoms with E-state index in [1.165, 1.54) is 31.9 Å². The third kappa shape index (κ3) is 6.80. The van der Waals surface area contributed by atoms with E-state index < -0.39 is 5.91 Å². The summed E-state index contributed by atoms with van der Waals surface area (Å²) in [5.74, 6) is 0.467. The van der Waals surface area contributed by atoms with Gasteiger partial charge in [-0.15, -0.1) is 0 Å². The van der Waals surface area contributed by atoms with Crippen molar-refractivity contribution in [3.63, 3.8) is 0 Å². The fourth-order valence-electron chi connectivity index (χ4n) is 2.78. The summed E-state index contributed by atoms with van der Waals surface area (Å²) in [5, 5.41) is 2.79. The largest absolute Gasteiger partial charge is 0.493 e. The first-order valence-electron chi connectivity index (χ1n) is 9.84. The average molecular weight is 431 g/mol. The second kappa shape index (κ2) is 10.6. The molecular formula is C23H30N2O6. The Hall–Kier alpha value is -3.42. The van der Waals surface area contributed by atoms with Crippen molar-refractivity contribution in [3.05, 3.63) is 47.5 Å². The smallest absolute Gasteiger partial charge is 0.255 e. The van der Waals surface area contributed by atoms with Crippen LogP contribution in [0, 0.1) is 0 Å². The molecule has 0 radical (unpaired) electrons. The van der Waals surface area contributed by atoms with E-state index in [1.54, 1.807) is 0 Å². The zero-order valence-electron chi connectivity index (χ0n) is 18.6. The highest BCUT2D eigenvalue weighted by Gasteiger charge is 2.18. The van der Waals surface area contributed by atoms with E-state index >= 15 is 0 Å². The first-order chi connectivity index (χ1) is 14.7. The third-order valence-electron chi connectivity index (χ3n) is 4.46. The lowest BCUT2D eigenvalue weighted by Crippen LogP contribution is -2.28. The number of nitrogens with one attached hydrogen (secondary N) is 1. The number of methoxy groups -OCH3 is 2. The monoisotopic (exact) mass is 430 g/mol. The van der Waals surface area contributed by atoms with Gasteiger partial charge in [0.25, 0.3) is 11.8 Å². The molecule has 0 fully saturated rings. The van der Waals surface area contributed by atoms with Crippen molar-refractivity contribution >= 4 is 11.8 Å². The molecule has 0 saturated heterocycles. The number of hydrogen-bond acceptors (Lipinski definition) is 6. The number of carbonyl (C=O) groups excluding carboxylic acids is 2. The Kier molecular flexibility index (Phi) is 8.13. The molecule has 0 unspecified atom stereocenters. The molecule has 0 aliphatic heterocycles. The molecule has 168 valence electrons. The molecule has 0 saturated carbocycles. The van der Waals surface area contributed by atoms with Gasteiger partial charge in [0.2, 0.25) is 5.75 Å². The summed E-state index contributed by atoms with van der Waals surface area (Å²) in [6.07, 6.45) is 0. The maximum Gasteiger partial charge on any atom is 0.255 e. The zero-order valence-corrected chi connectivity index (χ0v) is 18.6. The van der Waals surface area contributed by atoms with E-state index in [4.69, 9.17) is 24.7 Å². The Morgan fingerprint density at radius 1 is 0.968 bits per heavy atom. The van der Waals surface area contributed by atoms with Crippen molar-refractivity contribution in [1.82, 2.24) is 5.32 Å². The Balaban J connectivity index is 1.96. The van der Waals surface area contributed by atoms with Gasteiger partial charge < -0.3 is 30.0 Å². The minimum atomic E-state index is -0.640. The van der Waals surface area contributed by atoms with Crippen molar-refractivity contribution in [2.45, 2.75) is 26.2 Å². The number of ether oxygens (including phenoxy) is 4. The molecule has 8 nitrogen and oxygen atoms in total. The van der Waals surface area contributed by atoms with Crippen LogP contribution in [-0.2, 0) is 10.2 Å². The third-order valence-corrected chi connectivity index (χ3v) is 4.46. The second-order valence-corrected chi connectivity index (χ2v) is 7.84. The first-order valence-corrected chi connectivity index (χ1v) is 9.84. The quantitative estimate of drug-likeness (QED) is 0.561. The van der Waals surface area contributed by atoms with E-state index in [2.05, 4.69) is 26.1 Å². The number of benzene rings is 2. The Morgan fingerprint density at radius 3 is 2.03 bits per heavy atom. The van der Waals surface area contributed by atoms with Gasteiger partial charge in [-0.2, -0.15) is 0 Å². The average Bonchev–Trinajstić information content (AvgIpc) is 2.74. The lowest BCUT2D eigenvalue weighted by molar-refractivity contribution is -0.120. The summed E-state index contributed by atoms with van der Waals surface area (Å²) in [6, 6.07) is 10.9. The number of hydrogen-bond donors (Lipinski definition) is 2. The van der Waals surface area contributed by atoms with Crippen LogP contribution in [0.25, 0.3) is 0 Å². The number of carbonyl (C=O) groups is 2. The normalized spacial score (nSPS) is 10.9. The molecule has 0 heterocycles. The van der Waals surface area contributed by atoms with Crippen LogP contribution in [0.3, 0.4) is 0 Å². The van der Waals surface area contributed by atoms with Crippen molar-refractivity contribution in [2.75, 3.05) is 34.0 Å². The van der Waals surface area contributed by atoms with Crippen LogP contribution in [-0.4, -0.2) is 45.8 Å². The molecule has 3 N–H and O–H groups in total. The van der Waals surface area contributed by atoms with Crippen molar-refractivity contribution in [1.29, 1.82) is 0 Å². The highest BCUT2D eigenvalue weighted by molar-refractivity contribution is 5.95. The van der Waals surface area contributed by atoms with E-state index in [0.29, 0.717) is 18.7 Å². The molecule has 0 bridgehead atoms. The molecule has 2 aromatic rings. The van der Waals surface area contributed by atoms with E-state index in [-0.39, 0.29) is 35.2 Å². The van der Waals surface area contributed by atoms with Crippen LogP contribution < -0.4 is 30.0 Å². The van der Waals surface area contributed by atoms with Crippen LogP contribution in [0.4, 0.5) is 0 Å². The Bertz CT molecular complexity index is 878. The number of amides is 2. The van der Waals surface area contributed by atoms with Crippen LogP contribution in [0.2, 0.25) is 0 Å². The lowest BCUT2D eigenvalue weighted by Gasteiger charge is -2.19. The maximum atomic E-state index is 12.5. The van der Waals surface area contributed by atoms with Gasteiger partial charge in [0.15, 0.2) is 18.1 Å². The molecule has 0 aliphatic rings. The molecule has 8 heteroatoms. The van der Waals surface area contributed by atoms with Gasteiger partial charge >= 0.3 is 0 Å². The molecule has 31 heavy (non-hydrogen) atoms. The van der Waals surface area contributed by atoms with Crippen LogP contribution in [0.5, 0.6) is 23.0 Å². The topological polar surface area (TPSA) is 109 Å². The highest BCUT2D eigenvalue weighted by atomic mass is 16.5. The summed E-state index contributed by atoms with van der Waals surface area (Å²) in [4.78, 5) is 23.5. The minimum Gasteiger partial charge on any atom is -0.493 e. The fourth-order valence-corrected chi connectivity index (χ4v) is 2.78. The number of primary amides is 1.